The number of nitriles is 1. The number of nitrogens with zero attached hydrogens (tertiary/aromatic N) is 2. The Morgan fingerprint density at radius 3 is 2.86 bits per heavy atom. The zero-order valence-corrected chi connectivity index (χ0v) is 16.7. The number of fused-ring (bicyclic) bond motifs is 1. The van der Waals surface area contributed by atoms with Gasteiger partial charge in [0.2, 0.25) is 0 Å². The lowest BCUT2D eigenvalue weighted by atomic mass is 10.1. The van der Waals surface area contributed by atoms with Gasteiger partial charge in [0.15, 0.2) is 0 Å². The molecule has 5 nitrogen and oxygen atoms in total. The average molecular weight is 391 g/mol. The third-order valence-electron chi connectivity index (χ3n) is 4.38. The van der Waals surface area contributed by atoms with Gasteiger partial charge in [0.25, 0.3) is 5.91 Å². The van der Waals surface area contributed by atoms with Crippen LogP contribution < -0.4 is 10.1 Å². The van der Waals surface area contributed by atoms with Crippen molar-refractivity contribution >= 4 is 28.6 Å². The Balaban J connectivity index is 1.57. The highest BCUT2D eigenvalue weighted by Gasteiger charge is 2.12. The van der Waals surface area contributed by atoms with E-state index in [1.165, 1.54) is 0 Å². The van der Waals surface area contributed by atoms with Gasteiger partial charge in [0, 0.05) is 23.4 Å². The molecule has 142 valence electrons. The molecule has 0 unspecified atom stereocenters. The smallest absolute Gasteiger partial charge is 0.253 e. The van der Waals surface area contributed by atoms with Gasteiger partial charge in [-0.05, 0) is 42.8 Å². The van der Waals surface area contributed by atoms with Crippen LogP contribution in [0.5, 0.6) is 5.75 Å². The van der Waals surface area contributed by atoms with Crippen molar-refractivity contribution in [2.45, 2.75) is 12.7 Å². The van der Waals surface area contributed by atoms with Crippen molar-refractivity contribution in [3.05, 3.63) is 70.9 Å². The molecule has 1 amide bonds. The first kappa shape index (κ1) is 19.7. The third-order valence-corrected chi connectivity index (χ3v) is 5.39. The maximum Gasteiger partial charge on any atom is 0.253 e. The second-order valence-electron chi connectivity index (χ2n) is 6.26. The van der Waals surface area contributed by atoms with E-state index in [2.05, 4.69) is 16.4 Å². The fourth-order valence-electron chi connectivity index (χ4n) is 2.88. The molecule has 0 spiro atoms. The molecule has 6 heteroatoms. The van der Waals surface area contributed by atoms with Crippen molar-refractivity contribution in [1.82, 2.24) is 10.3 Å². The number of aromatic nitrogens is 1. The van der Waals surface area contributed by atoms with Crippen LogP contribution in [-0.2, 0) is 5.75 Å². The van der Waals surface area contributed by atoms with Gasteiger partial charge in [-0.3, -0.25) is 9.78 Å². The summed E-state index contributed by atoms with van der Waals surface area (Å²) in [5.41, 5.74) is 3.82. The number of amides is 1. The molecule has 28 heavy (non-hydrogen) atoms. The quantitative estimate of drug-likeness (QED) is 0.614. The second kappa shape index (κ2) is 9.25. The molecule has 0 saturated heterocycles. The highest BCUT2D eigenvalue weighted by molar-refractivity contribution is 7.98. The van der Waals surface area contributed by atoms with E-state index >= 15 is 0 Å². The van der Waals surface area contributed by atoms with E-state index < -0.39 is 0 Å². The first-order valence-electron chi connectivity index (χ1n) is 8.91. The molecule has 0 bridgehead atoms. The highest BCUT2D eigenvalue weighted by atomic mass is 32.2. The van der Waals surface area contributed by atoms with Gasteiger partial charge >= 0.3 is 0 Å². The summed E-state index contributed by atoms with van der Waals surface area (Å²) in [6, 6.07) is 17.3. The number of nitrogens with one attached hydrogen (secondary N) is 1. The normalized spacial score (nSPS) is 10.5. The number of hydrogen-bond donors (Lipinski definition) is 1. The minimum absolute atomic E-state index is 0.132. The predicted molar refractivity (Wildman–Crippen MR) is 113 cm³/mol. The van der Waals surface area contributed by atoms with Crippen LogP contribution in [0.4, 0.5) is 0 Å². The minimum atomic E-state index is -0.132. The number of carbonyl (C=O) groups excluding carboxylic acids is 1. The van der Waals surface area contributed by atoms with Crippen LogP contribution in [-0.4, -0.2) is 30.3 Å². The summed E-state index contributed by atoms with van der Waals surface area (Å²) < 4.78 is 5.25. The number of ether oxygens (including phenoxy) is 1. The number of methoxy groups -OCH3 is 1. The molecule has 0 aliphatic heterocycles. The van der Waals surface area contributed by atoms with Crippen LogP contribution in [0.1, 0.15) is 27.2 Å². The second-order valence-corrected chi connectivity index (χ2v) is 7.36. The Morgan fingerprint density at radius 1 is 1.25 bits per heavy atom. The Morgan fingerprint density at radius 2 is 2.07 bits per heavy atom. The molecule has 0 atom stereocenters. The van der Waals surface area contributed by atoms with E-state index in [0.717, 1.165) is 33.7 Å². The van der Waals surface area contributed by atoms with Gasteiger partial charge in [0.1, 0.15) is 5.75 Å². The monoisotopic (exact) mass is 391 g/mol. The molecule has 0 aliphatic carbocycles. The van der Waals surface area contributed by atoms with Gasteiger partial charge in [0.05, 0.1) is 35.5 Å². The lowest BCUT2D eigenvalue weighted by Crippen LogP contribution is -2.26. The number of pyridine rings is 1. The van der Waals surface area contributed by atoms with Crippen LogP contribution in [0.2, 0.25) is 0 Å². The lowest BCUT2D eigenvalue weighted by molar-refractivity contribution is 0.0955. The molecule has 0 fully saturated rings. The van der Waals surface area contributed by atoms with Crippen molar-refractivity contribution in [2.75, 3.05) is 19.4 Å². The minimum Gasteiger partial charge on any atom is -0.497 e. The van der Waals surface area contributed by atoms with Crippen molar-refractivity contribution < 1.29 is 9.53 Å². The fraction of sp³-hybridized carbons (Fsp3) is 0.227. The Kier molecular flexibility index (Phi) is 6.51. The summed E-state index contributed by atoms with van der Waals surface area (Å²) >= 11 is 1.69. The summed E-state index contributed by atoms with van der Waals surface area (Å²) in [6.45, 7) is 2.39. The van der Waals surface area contributed by atoms with E-state index in [1.54, 1.807) is 18.9 Å². The standard InChI is InChI=1S/C22H21N3O2S/c1-15-20(12-18-11-19(27-2)7-8-21(18)25-15)22(26)24-9-10-28-14-17-6-4-3-5-16(17)13-23/h3-8,11-12H,9-10,14H2,1-2H3,(H,24,26). The van der Waals surface area contributed by atoms with Crippen LogP contribution >= 0.6 is 11.8 Å². The maximum atomic E-state index is 12.6. The third kappa shape index (κ3) is 4.62. The molecule has 0 aliphatic rings. The van der Waals surface area contributed by atoms with Gasteiger partial charge in [-0.25, -0.2) is 0 Å². The lowest BCUT2D eigenvalue weighted by Gasteiger charge is -2.10. The first-order chi connectivity index (χ1) is 13.6. The zero-order valence-electron chi connectivity index (χ0n) is 15.9. The molecule has 0 saturated carbocycles. The Labute approximate surface area is 168 Å². The molecule has 1 aromatic heterocycles. The van der Waals surface area contributed by atoms with E-state index in [0.29, 0.717) is 23.4 Å². The number of thioether (sulfide) groups is 1. The van der Waals surface area contributed by atoms with Crippen LogP contribution in [0.3, 0.4) is 0 Å². The van der Waals surface area contributed by atoms with Gasteiger partial charge < -0.3 is 10.1 Å². The molecule has 1 heterocycles. The van der Waals surface area contributed by atoms with E-state index in [1.807, 2.05) is 55.5 Å². The van der Waals surface area contributed by atoms with Crippen LogP contribution in [0.15, 0.2) is 48.5 Å². The van der Waals surface area contributed by atoms with Crippen molar-refractivity contribution in [3.8, 4) is 11.8 Å². The van der Waals surface area contributed by atoms with Crippen LogP contribution in [0, 0.1) is 18.3 Å². The summed E-state index contributed by atoms with van der Waals surface area (Å²) in [5, 5.41) is 12.9. The summed E-state index contributed by atoms with van der Waals surface area (Å²) in [6.07, 6.45) is 0. The summed E-state index contributed by atoms with van der Waals surface area (Å²) in [7, 11) is 1.61. The molecule has 2 aromatic carbocycles. The van der Waals surface area contributed by atoms with E-state index in [4.69, 9.17) is 10.00 Å². The number of aryl methyl sites for hydroxylation is 1. The fourth-order valence-corrected chi connectivity index (χ4v) is 3.74. The number of hydrogen-bond acceptors (Lipinski definition) is 5. The average Bonchev–Trinajstić information content (AvgIpc) is 2.72. The van der Waals surface area contributed by atoms with Gasteiger partial charge in [-0.1, -0.05) is 18.2 Å². The molecule has 0 radical (unpaired) electrons. The SMILES string of the molecule is COc1ccc2nc(C)c(C(=O)NCCSCc3ccccc3C#N)cc2c1. The summed E-state index contributed by atoms with van der Waals surface area (Å²) in [4.78, 5) is 17.1. The van der Waals surface area contributed by atoms with Crippen molar-refractivity contribution in [1.29, 1.82) is 5.26 Å². The molecule has 3 rings (SSSR count). The van der Waals surface area contributed by atoms with E-state index in [-0.39, 0.29) is 5.91 Å². The van der Waals surface area contributed by atoms with Gasteiger partial charge in [-0.2, -0.15) is 17.0 Å². The highest BCUT2D eigenvalue weighted by Crippen LogP contribution is 2.22. The maximum absolute atomic E-state index is 12.6. The Hall–Kier alpha value is -3.04. The summed E-state index contributed by atoms with van der Waals surface area (Å²) in [5.74, 6) is 2.11. The first-order valence-corrected chi connectivity index (χ1v) is 10.1. The van der Waals surface area contributed by atoms with Gasteiger partial charge in [-0.15, -0.1) is 0 Å². The molecule has 3 aromatic rings. The Bertz CT molecular complexity index is 1040. The number of carbonyl (C=O) groups is 1. The molecular formula is C22H21N3O2S. The number of rotatable bonds is 7. The van der Waals surface area contributed by atoms with Crippen LogP contribution in [0.25, 0.3) is 10.9 Å². The number of benzene rings is 2. The van der Waals surface area contributed by atoms with E-state index in [9.17, 15) is 4.79 Å². The molecular weight excluding hydrogens is 370 g/mol. The largest absolute Gasteiger partial charge is 0.497 e. The zero-order chi connectivity index (χ0) is 19.9. The predicted octanol–water partition coefficient (Wildman–Crippen LogP) is 4.09. The van der Waals surface area contributed by atoms with Crippen molar-refractivity contribution in [3.63, 3.8) is 0 Å². The van der Waals surface area contributed by atoms with Crippen molar-refractivity contribution in [2.24, 2.45) is 0 Å². The molecule has 1 N–H and O–H groups in total. The topological polar surface area (TPSA) is 75.0 Å².